The summed E-state index contributed by atoms with van der Waals surface area (Å²) in [5, 5.41) is 0. The molecule has 0 heterocycles. The normalized spacial score (nSPS) is 28.1. The minimum atomic E-state index is -0.813. The summed E-state index contributed by atoms with van der Waals surface area (Å²) in [5.74, 6) is -1.62. The maximum Gasteiger partial charge on any atom is 0.159 e. The molecule has 94 valence electrons. The fraction of sp³-hybridized carbons (Fsp3) is 0.571. The molecule has 0 saturated heterocycles. The zero-order valence-electron chi connectivity index (χ0n) is 10.4. The molecule has 1 aliphatic rings. The Hall–Kier alpha value is -0.960. The number of hydrogen-bond acceptors (Lipinski definition) is 1. The van der Waals surface area contributed by atoms with Crippen LogP contribution in [0.4, 0.5) is 8.78 Å². The van der Waals surface area contributed by atoms with E-state index in [0.29, 0.717) is 5.56 Å². The van der Waals surface area contributed by atoms with E-state index < -0.39 is 17.2 Å². The lowest BCUT2D eigenvalue weighted by atomic mass is 9.66. The molecule has 1 unspecified atom stereocenters. The Balaban J connectivity index is 2.34. The van der Waals surface area contributed by atoms with E-state index in [1.807, 2.05) is 0 Å². The Morgan fingerprint density at radius 2 is 1.82 bits per heavy atom. The van der Waals surface area contributed by atoms with Gasteiger partial charge in [-0.2, -0.15) is 0 Å². The molecule has 0 spiro atoms. The molecule has 0 aromatic heterocycles. The van der Waals surface area contributed by atoms with E-state index in [9.17, 15) is 8.78 Å². The first-order chi connectivity index (χ1) is 7.82. The Morgan fingerprint density at radius 1 is 1.12 bits per heavy atom. The largest absolute Gasteiger partial charge is 0.321 e. The van der Waals surface area contributed by atoms with Crippen molar-refractivity contribution in [3.63, 3.8) is 0 Å². The standard InChI is InChI=1S/C14H19F2N/c1-13(2)6-3-7-14(17,9-13)10-4-5-11(15)12(16)8-10/h4-5,8H,3,6-7,9,17H2,1-2H3. The summed E-state index contributed by atoms with van der Waals surface area (Å²) in [5.41, 5.74) is 6.75. The number of rotatable bonds is 1. The first-order valence-corrected chi connectivity index (χ1v) is 6.07. The lowest BCUT2D eigenvalue weighted by molar-refractivity contribution is 0.151. The van der Waals surface area contributed by atoms with E-state index in [2.05, 4.69) is 13.8 Å². The van der Waals surface area contributed by atoms with Gasteiger partial charge in [-0.15, -0.1) is 0 Å². The van der Waals surface area contributed by atoms with E-state index in [4.69, 9.17) is 5.73 Å². The van der Waals surface area contributed by atoms with Crippen molar-refractivity contribution in [3.05, 3.63) is 35.4 Å². The fourth-order valence-electron chi connectivity index (χ4n) is 2.97. The summed E-state index contributed by atoms with van der Waals surface area (Å²) in [6, 6.07) is 4.03. The van der Waals surface area contributed by atoms with E-state index in [1.165, 1.54) is 12.1 Å². The molecular weight excluding hydrogens is 220 g/mol. The third-order valence-corrected chi connectivity index (χ3v) is 3.76. The van der Waals surface area contributed by atoms with Gasteiger partial charge in [0.25, 0.3) is 0 Å². The molecule has 2 rings (SSSR count). The van der Waals surface area contributed by atoms with Gasteiger partial charge in [0.15, 0.2) is 11.6 Å². The number of benzene rings is 1. The second-order valence-corrected chi connectivity index (χ2v) is 5.98. The van der Waals surface area contributed by atoms with Crippen molar-refractivity contribution in [2.75, 3.05) is 0 Å². The van der Waals surface area contributed by atoms with Crippen molar-refractivity contribution in [1.82, 2.24) is 0 Å². The van der Waals surface area contributed by atoms with Crippen LogP contribution in [0.3, 0.4) is 0 Å². The molecular formula is C14H19F2N. The zero-order chi connectivity index (χ0) is 12.7. The Morgan fingerprint density at radius 3 is 2.41 bits per heavy atom. The van der Waals surface area contributed by atoms with Crippen LogP contribution in [0.1, 0.15) is 45.1 Å². The third-order valence-electron chi connectivity index (χ3n) is 3.76. The summed E-state index contributed by atoms with van der Waals surface area (Å²) in [6.45, 7) is 4.35. The van der Waals surface area contributed by atoms with Gasteiger partial charge in [0.2, 0.25) is 0 Å². The van der Waals surface area contributed by atoms with Gasteiger partial charge in [0.05, 0.1) is 0 Å². The molecule has 1 aromatic carbocycles. The van der Waals surface area contributed by atoms with Crippen LogP contribution in [0, 0.1) is 17.0 Å². The van der Waals surface area contributed by atoms with Crippen molar-refractivity contribution in [2.45, 2.75) is 45.1 Å². The predicted molar refractivity (Wildman–Crippen MR) is 64.5 cm³/mol. The van der Waals surface area contributed by atoms with Gasteiger partial charge in [-0.25, -0.2) is 8.78 Å². The van der Waals surface area contributed by atoms with Gasteiger partial charge in [-0.3, -0.25) is 0 Å². The SMILES string of the molecule is CC1(C)CCCC(N)(c2ccc(F)c(F)c2)C1. The molecule has 1 nitrogen and oxygen atoms in total. The van der Waals surface area contributed by atoms with Crippen LogP contribution < -0.4 is 5.73 Å². The van der Waals surface area contributed by atoms with Gasteiger partial charge < -0.3 is 5.73 Å². The molecule has 17 heavy (non-hydrogen) atoms. The highest BCUT2D eigenvalue weighted by Crippen LogP contribution is 2.44. The molecule has 0 radical (unpaired) electrons. The predicted octanol–water partition coefficient (Wildman–Crippen LogP) is 3.72. The monoisotopic (exact) mass is 239 g/mol. The second kappa shape index (κ2) is 4.05. The lowest BCUT2D eigenvalue weighted by Gasteiger charge is -2.43. The minimum Gasteiger partial charge on any atom is -0.321 e. The lowest BCUT2D eigenvalue weighted by Crippen LogP contribution is -2.44. The van der Waals surface area contributed by atoms with E-state index >= 15 is 0 Å². The first kappa shape index (κ1) is 12.5. The smallest absolute Gasteiger partial charge is 0.159 e. The maximum atomic E-state index is 13.3. The minimum absolute atomic E-state index is 0.165. The fourth-order valence-corrected chi connectivity index (χ4v) is 2.97. The second-order valence-electron chi connectivity index (χ2n) is 5.98. The van der Waals surface area contributed by atoms with Crippen molar-refractivity contribution < 1.29 is 8.78 Å². The number of hydrogen-bond donors (Lipinski definition) is 1. The molecule has 1 aromatic rings. The highest BCUT2D eigenvalue weighted by atomic mass is 19.2. The number of nitrogens with two attached hydrogens (primary N) is 1. The van der Waals surface area contributed by atoms with Crippen LogP contribution in [-0.2, 0) is 5.54 Å². The topological polar surface area (TPSA) is 26.0 Å². The maximum absolute atomic E-state index is 13.3. The van der Waals surface area contributed by atoms with E-state index in [0.717, 1.165) is 25.7 Å². The van der Waals surface area contributed by atoms with Crippen molar-refractivity contribution in [1.29, 1.82) is 0 Å². The zero-order valence-corrected chi connectivity index (χ0v) is 10.4. The number of halogens is 2. The molecule has 1 saturated carbocycles. The van der Waals surface area contributed by atoms with Crippen molar-refractivity contribution in [3.8, 4) is 0 Å². The molecule has 0 aliphatic heterocycles. The Kier molecular flexibility index (Phi) is 2.98. The van der Waals surface area contributed by atoms with Gasteiger partial charge in [0, 0.05) is 5.54 Å². The van der Waals surface area contributed by atoms with Crippen LogP contribution in [0.2, 0.25) is 0 Å². The molecule has 1 fully saturated rings. The van der Waals surface area contributed by atoms with Gasteiger partial charge in [-0.1, -0.05) is 26.3 Å². The quantitative estimate of drug-likeness (QED) is 0.794. The third kappa shape index (κ3) is 2.49. The average Bonchev–Trinajstić information content (AvgIpc) is 2.20. The molecule has 0 bridgehead atoms. The molecule has 3 heteroatoms. The summed E-state index contributed by atoms with van der Waals surface area (Å²) in [7, 11) is 0. The van der Waals surface area contributed by atoms with Crippen LogP contribution >= 0.6 is 0 Å². The molecule has 1 atom stereocenters. The highest BCUT2D eigenvalue weighted by Gasteiger charge is 2.38. The summed E-state index contributed by atoms with van der Waals surface area (Å²) in [4.78, 5) is 0. The van der Waals surface area contributed by atoms with Crippen LogP contribution in [0.5, 0.6) is 0 Å². The molecule has 1 aliphatic carbocycles. The van der Waals surface area contributed by atoms with Crippen molar-refractivity contribution >= 4 is 0 Å². The summed E-state index contributed by atoms with van der Waals surface area (Å²) < 4.78 is 26.2. The Bertz CT molecular complexity index is 428. The van der Waals surface area contributed by atoms with E-state index in [1.54, 1.807) is 6.07 Å². The molecule has 0 amide bonds. The van der Waals surface area contributed by atoms with E-state index in [-0.39, 0.29) is 5.41 Å². The first-order valence-electron chi connectivity index (χ1n) is 6.07. The van der Waals surface area contributed by atoms with Crippen LogP contribution in [0.25, 0.3) is 0 Å². The van der Waals surface area contributed by atoms with Gasteiger partial charge >= 0.3 is 0 Å². The highest BCUT2D eigenvalue weighted by molar-refractivity contribution is 5.26. The summed E-state index contributed by atoms with van der Waals surface area (Å²) in [6.07, 6.45) is 3.81. The molecule has 2 N–H and O–H groups in total. The van der Waals surface area contributed by atoms with Crippen molar-refractivity contribution in [2.24, 2.45) is 11.1 Å². The Labute approximate surface area is 101 Å². The van der Waals surface area contributed by atoms with Gasteiger partial charge in [0.1, 0.15) is 0 Å². The summed E-state index contributed by atoms with van der Waals surface area (Å²) >= 11 is 0. The van der Waals surface area contributed by atoms with Crippen LogP contribution in [0.15, 0.2) is 18.2 Å². The average molecular weight is 239 g/mol. The van der Waals surface area contributed by atoms with Gasteiger partial charge in [-0.05, 0) is 42.4 Å². The van der Waals surface area contributed by atoms with Crippen LogP contribution in [-0.4, -0.2) is 0 Å².